The summed E-state index contributed by atoms with van der Waals surface area (Å²) in [6.07, 6.45) is 0.425. The summed E-state index contributed by atoms with van der Waals surface area (Å²) in [5.41, 5.74) is 7.46. The number of aromatic hydroxyl groups is 1. The summed E-state index contributed by atoms with van der Waals surface area (Å²) in [4.78, 5) is 60.2. The van der Waals surface area contributed by atoms with E-state index in [1.165, 1.54) is 19.1 Å². The molecule has 12 heteroatoms. The third-order valence-corrected chi connectivity index (χ3v) is 5.50. The van der Waals surface area contributed by atoms with Crippen LogP contribution in [0, 0.1) is 0 Å². The lowest BCUT2D eigenvalue weighted by atomic mass is 10.1. The summed E-state index contributed by atoms with van der Waals surface area (Å²) in [7, 11) is 0. The molecule has 38 heavy (non-hydrogen) atoms. The van der Waals surface area contributed by atoms with Crippen molar-refractivity contribution in [1.29, 1.82) is 0 Å². The molecule has 12 nitrogen and oxygen atoms in total. The Labute approximate surface area is 220 Å². The van der Waals surface area contributed by atoms with Crippen molar-refractivity contribution in [2.45, 2.75) is 37.9 Å². The first kappa shape index (κ1) is 29.9. The minimum absolute atomic E-state index is 0.0926. The Bertz CT molecular complexity index is 1110. The van der Waals surface area contributed by atoms with E-state index < -0.39 is 54.1 Å². The van der Waals surface area contributed by atoms with Crippen molar-refractivity contribution >= 4 is 29.5 Å². The standard InChI is InChI=1S/C26H33N5O7/c1-16(31-25(37)21(27)11-18-7-9-19(32)10-8-18)24(36)29-14-20(33)13-28-22(26(38)30-15-23(34)35)12-17-5-3-2-4-6-17/h2-10,16,21-22,28,32H,11-15,27H2,1H3,(H,29,36)(H,30,38)(H,31,37)(H,34,35)/t16-,21+,22+/m1/s1. The van der Waals surface area contributed by atoms with Crippen molar-refractivity contribution in [3.63, 3.8) is 0 Å². The van der Waals surface area contributed by atoms with Crippen molar-refractivity contribution in [1.82, 2.24) is 21.3 Å². The predicted molar refractivity (Wildman–Crippen MR) is 138 cm³/mol. The molecule has 0 saturated heterocycles. The molecule has 3 amide bonds. The minimum Gasteiger partial charge on any atom is -0.508 e. The monoisotopic (exact) mass is 527 g/mol. The maximum atomic E-state index is 12.4. The summed E-state index contributed by atoms with van der Waals surface area (Å²) >= 11 is 0. The van der Waals surface area contributed by atoms with Gasteiger partial charge in [-0.15, -0.1) is 0 Å². The molecule has 0 saturated carbocycles. The molecule has 0 aliphatic rings. The molecule has 2 rings (SSSR count). The first-order chi connectivity index (χ1) is 18.0. The predicted octanol–water partition coefficient (Wildman–Crippen LogP) is -1.15. The normalized spacial score (nSPS) is 13.0. The second-order valence-electron chi connectivity index (χ2n) is 8.70. The third-order valence-electron chi connectivity index (χ3n) is 5.50. The maximum absolute atomic E-state index is 12.4. The van der Waals surface area contributed by atoms with Crippen LogP contribution >= 0.6 is 0 Å². The number of nitrogens with one attached hydrogen (secondary N) is 4. The Hall–Kier alpha value is -4.29. The molecule has 2 aromatic carbocycles. The van der Waals surface area contributed by atoms with Gasteiger partial charge in [-0.3, -0.25) is 29.3 Å². The number of carbonyl (C=O) groups excluding carboxylic acids is 4. The third kappa shape index (κ3) is 10.8. The highest BCUT2D eigenvalue weighted by molar-refractivity contribution is 5.92. The van der Waals surface area contributed by atoms with Crippen molar-refractivity contribution in [2.24, 2.45) is 5.73 Å². The average molecular weight is 528 g/mol. The lowest BCUT2D eigenvalue weighted by molar-refractivity contribution is -0.138. The van der Waals surface area contributed by atoms with Crippen LogP contribution in [0.2, 0.25) is 0 Å². The van der Waals surface area contributed by atoms with Crippen LogP contribution in [0.15, 0.2) is 54.6 Å². The summed E-state index contributed by atoms with van der Waals surface area (Å²) in [5, 5.41) is 28.2. The van der Waals surface area contributed by atoms with E-state index in [1.807, 2.05) is 6.07 Å². The maximum Gasteiger partial charge on any atom is 0.322 e. The number of phenols is 1. The fourth-order valence-electron chi connectivity index (χ4n) is 3.40. The lowest BCUT2D eigenvalue weighted by Gasteiger charge is -2.19. The molecule has 0 fully saturated rings. The quantitative estimate of drug-likeness (QED) is 0.149. The average Bonchev–Trinajstić information content (AvgIpc) is 2.89. The zero-order chi connectivity index (χ0) is 28.1. The molecule has 0 heterocycles. The number of aliphatic carboxylic acids is 1. The molecule has 0 spiro atoms. The zero-order valence-corrected chi connectivity index (χ0v) is 21.0. The number of carboxylic acid groups (broad SMARTS) is 1. The number of phenolic OH excluding ortho intramolecular Hbond substituents is 1. The number of benzene rings is 2. The van der Waals surface area contributed by atoms with Crippen LogP contribution in [0.3, 0.4) is 0 Å². The van der Waals surface area contributed by atoms with Crippen LogP contribution in [0.4, 0.5) is 0 Å². The summed E-state index contributed by atoms with van der Waals surface area (Å²) in [5.74, 6) is -3.25. The molecular weight excluding hydrogens is 494 g/mol. The fraction of sp³-hybridized carbons (Fsp3) is 0.346. The van der Waals surface area contributed by atoms with Gasteiger partial charge in [0.25, 0.3) is 0 Å². The molecule has 8 N–H and O–H groups in total. The van der Waals surface area contributed by atoms with Gasteiger partial charge >= 0.3 is 5.97 Å². The Kier molecular flexibility index (Phi) is 11.9. The van der Waals surface area contributed by atoms with Gasteiger partial charge in [-0.05, 0) is 43.0 Å². The summed E-state index contributed by atoms with van der Waals surface area (Å²) < 4.78 is 0. The van der Waals surface area contributed by atoms with Gasteiger partial charge in [0.05, 0.1) is 25.2 Å². The van der Waals surface area contributed by atoms with Gasteiger partial charge < -0.3 is 31.9 Å². The van der Waals surface area contributed by atoms with Crippen molar-refractivity contribution < 1.29 is 34.2 Å². The number of ketones is 1. The van der Waals surface area contributed by atoms with E-state index in [2.05, 4.69) is 21.3 Å². The topological polar surface area (TPSA) is 200 Å². The number of Topliss-reactive ketones (excluding diaryl/α,β-unsaturated/α-hetero) is 1. The van der Waals surface area contributed by atoms with Crippen molar-refractivity contribution in [3.05, 3.63) is 65.7 Å². The van der Waals surface area contributed by atoms with Crippen LogP contribution in [-0.4, -0.2) is 77.4 Å². The van der Waals surface area contributed by atoms with Gasteiger partial charge in [0.1, 0.15) is 18.3 Å². The van der Waals surface area contributed by atoms with Crippen molar-refractivity contribution in [2.75, 3.05) is 19.6 Å². The van der Waals surface area contributed by atoms with Crippen LogP contribution in [0.5, 0.6) is 5.75 Å². The minimum atomic E-state index is -1.20. The van der Waals surface area contributed by atoms with E-state index in [0.29, 0.717) is 0 Å². The van der Waals surface area contributed by atoms with E-state index in [1.54, 1.807) is 36.4 Å². The molecule has 0 radical (unpaired) electrons. The molecule has 204 valence electrons. The Morgan fingerprint density at radius 1 is 0.789 bits per heavy atom. The van der Waals surface area contributed by atoms with E-state index in [0.717, 1.165) is 11.1 Å². The molecule has 2 aromatic rings. The largest absolute Gasteiger partial charge is 0.508 e. The Morgan fingerprint density at radius 3 is 2.03 bits per heavy atom. The Balaban J connectivity index is 1.80. The molecule has 0 aliphatic carbocycles. The van der Waals surface area contributed by atoms with E-state index in [-0.39, 0.29) is 31.7 Å². The SMILES string of the molecule is C[C@@H](NC(=O)[C@@H](N)Cc1ccc(O)cc1)C(=O)NCC(=O)CN[C@@H](Cc1ccccc1)C(=O)NCC(=O)O. The summed E-state index contributed by atoms with van der Waals surface area (Å²) in [6, 6.07) is 12.5. The molecular formula is C26H33N5O7. The van der Waals surface area contributed by atoms with Gasteiger partial charge in [-0.2, -0.15) is 0 Å². The van der Waals surface area contributed by atoms with Gasteiger partial charge in [-0.25, -0.2) is 0 Å². The highest BCUT2D eigenvalue weighted by Crippen LogP contribution is 2.11. The molecule has 0 aliphatic heterocycles. The molecule has 0 aromatic heterocycles. The molecule has 0 unspecified atom stereocenters. The number of rotatable bonds is 15. The second kappa shape index (κ2) is 15.1. The molecule has 0 bridgehead atoms. The summed E-state index contributed by atoms with van der Waals surface area (Å²) in [6.45, 7) is 0.293. The highest BCUT2D eigenvalue weighted by Gasteiger charge is 2.22. The van der Waals surface area contributed by atoms with Gasteiger partial charge in [-0.1, -0.05) is 42.5 Å². The number of hydrogen-bond acceptors (Lipinski definition) is 8. The first-order valence-corrected chi connectivity index (χ1v) is 11.9. The number of carboxylic acids is 1. The van der Waals surface area contributed by atoms with E-state index >= 15 is 0 Å². The van der Waals surface area contributed by atoms with Gasteiger partial charge in [0.15, 0.2) is 5.78 Å². The van der Waals surface area contributed by atoms with Gasteiger partial charge in [0, 0.05) is 0 Å². The van der Waals surface area contributed by atoms with E-state index in [9.17, 15) is 29.1 Å². The van der Waals surface area contributed by atoms with Crippen LogP contribution in [0.25, 0.3) is 0 Å². The number of nitrogens with two attached hydrogens (primary N) is 1. The molecule has 3 atom stereocenters. The van der Waals surface area contributed by atoms with E-state index in [4.69, 9.17) is 10.8 Å². The number of hydrogen-bond donors (Lipinski definition) is 7. The number of carbonyl (C=O) groups is 5. The van der Waals surface area contributed by atoms with Crippen LogP contribution < -0.4 is 27.0 Å². The number of amides is 3. The smallest absolute Gasteiger partial charge is 0.322 e. The first-order valence-electron chi connectivity index (χ1n) is 11.9. The highest BCUT2D eigenvalue weighted by atomic mass is 16.4. The van der Waals surface area contributed by atoms with Crippen LogP contribution in [-0.2, 0) is 36.8 Å². The Morgan fingerprint density at radius 2 is 1.39 bits per heavy atom. The van der Waals surface area contributed by atoms with Gasteiger partial charge in [0.2, 0.25) is 17.7 Å². The zero-order valence-electron chi connectivity index (χ0n) is 21.0. The van der Waals surface area contributed by atoms with Crippen LogP contribution in [0.1, 0.15) is 18.1 Å². The van der Waals surface area contributed by atoms with Crippen molar-refractivity contribution in [3.8, 4) is 5.75 Å². The lowest BCUT2D eigenvalue weighted by Crippen LogP contribution is -2.52. The fourth-order valence-corrected chi connectivity index (χ4v) is 3.40. The second-order valence-corrected chi connectivity index (χ2v) is 8.70.